The Kier molecular flexibility index (Phi) is 3.88. The van der Waals surface area contributed by atoms with Gasteiger partial charge < -0.3 is 5.32 Å². The fraction of sp³-hybridized carbons (Fsp3) is 0.700. The molecule has 1 N–H and O–H groups in total. The summed E-state index contributed by atoms with van der Waals surface area (Å²) in [6, 6.07) is 0. The van der Waals surface area contributed by atoms with E-state index in [4.69, 9.17) is 0 Å². The third-order valence-electron chi connectivity index (χ3n) is 2.19. The second-order valence-corrected chi connectivity index (χ2v) is 5.13. The third-order valence-corrected chi connectivity index (χ3v) is 2.97. The van der Waals surface area contributed by atoms with Crippen LogP contribution in [0.25, 0.3) is 0 Å². The number of hydrogen-bond donors (Lipinski definition) is 1. The van der Waals surface area contributed by atoms with Crippen molar-refractivity contribution in [3.63, 3.8) is 0 Å². The maximum Gasteiger partial charge on any atom is 0.0794 e. The van der Waals surface area contributed by atoms with Crippen molar-refractivity contribution in [2.75, 3.05) is 13.6 Å². The Morgan fingerprint density at radius 2 is 2.31 bits per heavy atom. The molecule has 0 saturated carbocycles. The van der Waals surface area contributed by atoms with Gasteiger partial charge in [0.15, 0.2) is 0 Å². The standard InChI is InChI=1S/C10H18N2S/c1-10(2,4-5-11-3)6-9-7-12-8-13-9/h7-8,11H,4-6H2,1-3H3. The Labute approximate surface area is 84.4 Å². The third kappa shape index (κ3) is 3.87. The van der Waals surface area contributed by atoms with Gasteiger partial charge in [0.05, 0.1) is 5.51 Å². The maximum absolute atomic E-state index is 4.09. The molecule has 0 atom stereocenters. The van der Waals surface area contributed by atoms with Gasteiger partial charge in [0.25, 0.3) is 0 Å². The van der Waals surface area contributed by atoms with Gasteiger partial charge in [0.2, 0.25) is 0 Å². The van der Waals surface area contributed by atoms with Crippen LogP contribution in [0.4, 0.5) is 0 Å². The summed E-state index contributed by atoms with van der Waals surface area (Å²) in [5.41, 5.74) is 2.29. The molecular formula is C10H18N2S. The minimum atomic E-state index is 0.384. The van der Waals surface area contributed by atoms with Gasteiger partial charge in [-0.05, 0) is 31.8 Å². The maximum atomic E-state index is 4.09. The Morgan fingerprint density at radius 1 is 1.54 bits per heavy atom. The SMILES string of the molecule is CNCCC(C)(C)Cc1cncs1. The van der Waals surface area contributed by atoms with E-state index >= 15 is 0 Å². The van der Waals surface area contributed by atoms with E-state index < -0.39 is 0 Å². The van der Waals surface area contributed by atoms with Crippen LogP contribution in [0.15, 0.2) is 11.7 Å². The molecule has 0 unspecified atom stereocenters. The number of thiazole rings is 1. The van der Waals surface area contributed by atoms with Gasteiger partial charge in [0.1, 0.15) is 0 Å². The predicted octanol–water partition coefficient (Wildman–Crippen LogP) is 2.32. The molecule has 2 nitrogen and oxygen atoms in total. The lowest BCUT2D eigenvalue weighted by molar-refractivity contribution is 0.332. The Hall–Kier alpha value is -0.410. The van der Waals surface area contributed by atoms with Gasteiger partial charge in [-0.2, -0.15) is 0 Å². The van der Waals surface area contributed by atoms with Crippen molar-refractivity contribution < 1.29 is 0 Å². The largest absolute Gasteiger partial charge is 0.320 e. The molecule has 0 bridgehead atoms. The predicted molar refractivity (Wildman–Crippen MR) is 58.1 cm³/mol. The normalized spacial score (nSPS) is 11.9. The molecule has 0 aromatic carbocycles. The van der Waals surface area contributed by atoms with Crippen LogP contribution in [0.3, 0.4) is 0 Å². The lowest BCUT2D eigenvalue weighted by Gasteiger charge is -2.23. The molecule has 0 fully saturated rings. The summed E-state index contributed by atoms with van der Waals surface area (Å²) in [5.74, 6) is 0. The van der Waals surface area contributed by atoms with Crippen molar-refractivity contribution in [1.29, 1.82) is 0 Å². The average molecular weight is 198 g/mol. The van der Waals surface area contributed by atoms with E-state index in [0.29, 0.717) is 5.41 Å². The van der Waals surface area contributed by atoms with E-state index in [1.54, 1.807) is 11.3 Å². The molecule has 0 saturated heterocycles. The quantitative estimate of drug-likeness (QED) is 0.785. The van der Waals surface area contributed by atoms with Gasteiger partial charge in [-0.25, -0.2) is 0 Å². The number of nitrogens with zero attached hydrogens (tertiary/aromatic N) is 1. The van der Waals surface area contributed by atoms with Crippen molar-refractivity contribution in [3.8, 4) is 0 Å². The molecule has 0 amide bonds. The van der Waals surface area contributed by atoms with Crippen LogP contribution in [-0.2, 0) is 6.42 Å². The first-order valence-electron chi connectivity index (χ1n) is 4.66. The summed E-state index contributed by atoms with van der Waals surface area (Å²) in [4.78, 5) is 5.48. The molecule has 1 aromatic rings. The highest BCUT2D eigenvalue weighted by molar-refractivity contribution is 7.09. The highest BCUT2D eigenvalue weighted by Gasteiger charge is 2.18. The topological polar surface area (TPSA) is 24.9 Å². The highest BCUT2D eigenvalue weighted by Crippen LogP contribution is 2.26. The number of nitrogens with one attached hydrogen (secondary N) is 1. The van der Waals surface area contributed by atoms with Gasteiger partial charge in [-0.1, -0.05) is 13.8 Å². The van der Waals surface area contributed by atoms with Crippen LogP contribution in [0.5, 0.6) is 0 Å². The molecule has 1 heterocycles. The molecule has 0 aliphatic heterocycles. The fourth-order valence-corrected chi connectivity index (χ4v) is 2.21. The van der Waals surface area contributed by atoms with Gasteiger partial charge in [-0.15, -0.1) is 11.3 Å². The zero-order valence-corrected chi connectivity index (χ0v) is 9.45. The summed E-state index contributed by atoms with van der Waals surface area (Å²) in [7, 11) is 2.00. The summed E-state index contributed by atoms with van der Waals surface area (Å²) < 4.78 is 0. The summed E-state index contributed by atoms with van der Waals surface area (Å²) in [6.45, 7) is 5.71. The molecule has 13 heavy (non-hydrogen) atoms. The van der Waals surface area contributed by atoms with E-state index in [-0.39, 0.29) is 0 Å². The first-order chi connectivity index (χ1) is 6.14. The average Bonchev–Trinajstić information content (AvgIpc) is 2.52. The van der Waals surface area contributed by atoms with Crippen molar-refractivity contribution in [1.82, 2.24) is 10.3 Å². The van der Waals surface area contributed by atoms with E-state index in [1.807, 2.05) is 18.8 Å². The zero-order chi connectivity index (χ0) is 9.73. The Balaban J connectivity index is 2.42. The highest BCUT2D eigenvalue weighted by atomic mass is 32.1. The van der Waals surface area contributed by atoms with Crippen molar-refractivity contribution in [3.05, 3.63) is 16.6 Å². The zero-order valence-electron chi connectivity index (χ0n) is 8.63. The monoisotopic (exact) mass is 198 g/mol. The first kappa shape index (κ1) is 10.7. The molecular weight excluding hydrogens is 180 g/mol. The van der Waals surface area contributed by atoms with E-state index in [2.05, 4.69) is 24.1 Å². The molecule has 3 heteroatoms. The van der Waals surface area contributed by atoms with Crippen LogP contribution in [0, 0.1) is 5.41 Å². The van der Waals surface area contributed by atoms with Gasteiger partial charge in [-0.3, -0.25) is 4.98 Å². The lowest BCUT2D eigenvalue weighted by atomic mass is 9.85. The molecule has 74 valence electrons. The lowest BCUT2D eigenvalue weighted by Crippen LogP contribution is -2.21. The fourth-order valence-electron chi connectivity index (χ4n) is 1.35. The number of hydrogen-bond acceptors (Lipinski definition) is 3. The molecule has 1 aromatic heterocycles. The van der Waals surface area contributed by atoms with Crippen LogP contribution in [0.2, 0.25) is 0 Å². The number of rotatable bonds is 5. The summed E-state index contributed by atoms with van der Waals surface area (Å²) in [5, 5.41) is 3.19. The minimum Gasteiger partial charge on any atom is -0.320 e. The molecule has 1 rings (SSSR count). The number of aromatic nitrogens is 1. The first-order valence-corrected chi connectivity index (χ1v) is 5.54. The Bertz CT molecular complexity index is 229. The second-order valence-electron chi connectivity index (χ2n) is 4.16. The minimum absolute atomic E-state index is 0.384. The van der Waals surface area contributed by atoms with Crippen LogP contribution in [0.1, 0.15) is 25.1 Å². The van der Waals surface area contributed by atoms with Crippen LogP contribution < -0.4 is 5.32 Å². The smallest absolute Gasteiger partial charge is 0.0794 e. The summed E-state index contributed by atoms with van der Waals surface area (Å²) >= 11 is 1.75. The van der Waals surface area contributed by atoms with E-state index in [9.17, 15) is 0 Å². The molecule has 0 aliphatic carbocycles. The van der Waals surface area contributed by atoms with E-state index in [1.165, 1.54) is 11.3 Å². The summed E-state index contributed by atoms with van der Waals surface area (Å²) in [6.07, 6.45) is 4.33. The molecule has 0 spiro atoms. The van der Waals surface area contributed by atoms with Gasteiger partial charge in [0, 0.05) is 11.1 Å². The molecule has 0 aliphatic rings. The van der Waals surface area contributed by atoms with Crippen LogP contribution in [-0.4, -0.2) is 18.6 Å². The van der Waals surface area contributed by atoms with Gasteiger partial charge >= 0.3 is 0 Å². The Morgan fingerprint density at radius 3 is 2.85 bits per heavy atom. The second kappa shape index (κ2) is 4.72. The van der Waals surface area contributed by atoms with E-state index in [0.717, 1.165) is 13.0 Å². The van der Waals surface area contributed by atoms with Crippen molar-refractivity contribution >= 4 is 11.3 Å². The molecule has 0 radical (unpaired) electrons. The van der Waals surface area contributed by atoms with Crippen LogP contribution >= 0.6 is 11.3 Å². The van der Waals surface area contributed by atoms with Crippen molar-refractivity contribution in [2.24, 2.45) is 5.41 Å². The van der Waals surface area contributed by atoms with Crippen molar-refractivity contribution in [2.45, 2.75) is 26.7 Å².